The van der Waals surface area contributed by atoms with Crippen LogP contribution in [0.2, 0.25) is 0 Å². The van der Waals surface area contributed by atoms with Crippen molar-refractivity contribution in [2.24, 2.45) is 0 Å². The summed E-state index contributed by atoms with van der Waals surface area (Å²) in [6, 6.07) is 3.04. The van der Waals surface area contributed by atoms with E-state index in [4.69, 9.17) is 0 Å². The fraction of sp³-hybridized carbons (Fsp3) is 0.364. The average molecular weight is 266 g/mol. The van der Waals surface area contributed by atoms with E-state index in [0.29, 0.717) is 0 Å². The molecule has 7 heteroatoms. The average Bonchev–Trinajstić information content (AvgIpc) is 2.26. The van der Waals surface area contributed by atoms with E-state index in [1.165, 1.54) is 6.92 Å². The maximum atomic E-state index is 12.1. The molecule has 0 aliphatic carbocycles. The second-order valence-electron chi connectivity index (χ2n) is 3.19. The molecule has 0 radical (unpaired) electrons. The molecule has 0 aliphatic rings. The Balaban J connectivity index is 3.07. The van der Waals surface area contributed by atoms with Crippen molar-refractivity contribution in [3.8, 4) is 11.5 Å². The van der Waals surface area contributed by atoms with E-state index < -0.39 is 24.8 Å². The number of hydrogen-bond donors (Lipinski definition) is 0. The fourth-order valence-corrected chi connectivity index (χ4v) is 1.29. The highest BCUT2D eigenvalue weighted by Gasteiger charge is 2.16. The van der Waals surface area contributed by atoms with E-state index in [0.717, 1.165) is 18.2 Å². The Kier molecular flexibility index (Phi) is 4.94. The standard InChI is InChI=1S/C11H10F4O3/c1-2-8(16)7-4-3-6(17-10(12)13)5-9(7)18-11(14)15/h3-5,10-11H,2H2,1H3. The summed E-state index contributed by atoms with van der Waals surface area (Å²) in [4.78, 5) is 11.4. The van der Waals surface area contributed by atoms with E-state index in [2.05, 4.69) is 9.47 Å². The predicted molar refractivity (Wildman–Crippen MR) is 54.3 cm³/mol. The SMILES string of the molecule is CCC(=O)c1ccc(OC(F)F)cc1OC(F)F. The highest BCUT2D eigenvalue weighted by atomic mass is 19.3. The Morgan fingerprint density at radius 1 is 1.17 bits per heavy atom. The smallest absolute Gasteiger partial charge is 0.387 e. The lowest BCUT2D eigenvalue weighted by Crippen LogP contribution is -2.09. The molecule has 0 N–H and O–H groups in total. The summed E-state index contributed by atoms with van der Waals surface area (Å²) in [5.74, 6) is -1.27. The minimum atomic E-state index is -3.16. The zero-order chi connectivity index (χ0) is 13.7. The summed E-state index contributed by atoms with van der Waals surface area (Å²) in [6.07, 6.45) is 0.0780. The van der Waals surface area contributed by atoms with Crippen molar-refractivity contribution in [3.63, 3.8) is 0 Å². The van der Waals surface area contributed by atoms with Crippen molar-refractivity contribution in [2.75, 3.05) is 0 Å². The molecule has 0 heterocycles. The van der Waals surface area contributed by atoms with Crippen molar-refractivity contribution in [3.05, 3.63) is 23.8 Å². The lowest BCUT2D eigenvalue weighted by Gasteiger charge is -2.11. The topological polar surface area (TPSA) is 35.5 Å². The maximum absolute atomic E-state index is 12.1. The number of carbonyl (C=O) groups excluding carboxylic acids is 1. The number of hydrogen-bond acceptors (Lipinski definition) is 3. The van der Waals surface area contributed by atoms with Crippen LogP contribution in [-0.4, -0.2) is 19.0 Å². The summed E-state index contributed by atoms with van der Waals surface area (Å²) < 4.78 is 56.3. The summed E-state index contributed by atoms with van der Waals surface area (Å²) in [7, 11) is 0. The van der Waals surface area contributed by atoms with Gasteiger partial charge >= 0.3 is 13.2 Å². The first kappa shape index (κ1) is 14.3. The van der Waals surface area contributed by atoms with Crippen LogP contribution in [-0.2, 0) is 0 Å². The van der Waals surface area contributed by atoms with Gasteiger partial charge in [-0.05, 0) is 12.1 Å². The van der Waals surface area contributed by atoms with Crippen LogP contribution in [0.25, 0.3) is 0 Å². The molecule has 0 bridgehead atoms. The second-order valence-corrected chi connectivity index (χ2v) is 3.19. The van der Waals surface area contributed by atoms with Crippen molar-refractivity contribution in [2.45, 2.75) is 26.6 Å². The number of alkyl halides is 4. The Morgan fingerprint density at radius 2 is 1.78 bits per heavy atom. The van der Waals surface area contributed by atoms with Crippen molar-refractivity contribution in [1.29, 1.82) is 0 Å². The third kappa shape index (κ3) is 3.90. The van der Waals surface area contributed by atoms with Crippen LogP contribution >= 0.6 is 0 Å². The van der Waals surface area contributed by atoms with E-state index in [1.54, 1.807) is 0 Å². The van der Waals surface area contributed by atoms with Crippen LogP contribution in [0, 0.1) is 0 Å². The molecule has 1 rings (SSSR count). The number of carbonyl (C=O) groups is 1. The molecule has 3 nitrogen and oxygen atoms in total. The summed E-state index contributed by atoms with van der Waals surface area (Å²) in [6.45, 7) is -4.70. The van der Waals surface area contributed by atoms with Crippen LogP contribution < -0.4 is 9.47 Å². The van der Waals surface area contributed by atoms with E-state index >= 15 is 0 Å². The molecule has 0 aromatic heterocycles. The molecule has 0 saturated carbocycles. The van der Waals surface area contributed by atoms with E-state index in [-0.39, 0.29) is 17.7 Å². The van der Waals surface area contributed by atoms with Crippen molar-refractivity contribution in [1.82, 2.24) is 0 Å². The Bertz CT molecular complexity index is 421. The van der Waals surface area contributed by atoms with Gasteiger partial charge in [-0.2, -0.15) is 17.6 Å². The summed E-state index contributed by atoms with van der Waals surface area (Å²) >= 11 is 0. The highest BCUT2D eigenvalue weighted by Crippen LogP contribution is 2.28. The Hall–Kier alpha value is -1.79. The van der Waals surface area contributed by atoms with Crippen molar-refractivity contribution < 1.29 is 31.8 Å². The zero-order valence-electron chi connectivity index (χ0n) is 9.33. The van der Waals surface area contributed by atoms with Crippen LogP contribution in [0.15, 0.2) is 18.2 Å². The van der Waals surface area contributed by atoms with Gasteiger partial charge in [0.2, 0.25) is 0 Å². The third-order valence-electron chi connectivity index (χ3n) is 2.02. The van der Waals surface area contributed by atoms with Crippen LogP contribution in [0.4, 0.5) is 17.6 Å². The molecule has 1 aromatic carbocycles. The van der Waals surface area contributed by atoms with Crippen LogP contribution in [0.3, 0.4) is 0 Å². The van der Waals surface area contributed by atoms with Gasteiger partial charge in [0, 0.05) is 12.5 Å². The fourth-order valence-electron chi connectivity index (χ4n) is 1.29. The van der Waals surface area contributed by atoms with Gasteiger partial charge in [-0.1, -0.05) is 6.92 Å². The van der Waals surface area contributed by atoms with Gasteiger partial charge < -0.3 is 9.47 Å². The van der Waals surface area contributed by atoms with Crippen LogP contribution in [0.5, 0.6) is 11.5 Å². The molecule has 100 valence electrons. The summed E-state index contributed by atoms with van der Waals surface area (Å²) in [5.41, 5.74) is -0.0978. The molecule has 0 fully saturated rings. The first-order valence-corrected chi connectivity index (χ1v) is 5.01. The molecular weight excluding hydrogens is 256 g/mol. The second kappa shape index (κ2) is 6.23. The number of halogens is 4. The number of Topliss-reactive ketones (excluding diaryl/α,β-unsaturated/α-hetero) is 1. The Morgan fingerprint density at radius 3 is 2.28 bits per heavy atom. The molecule has 0 spiro atoms. The van der Waals surface area contributed by atoms with Gasteiger partial charge in [0.15, 0.2) is 5.78 Å². The van der Waals surface area contributed by atoms with E-state index in [9.17, 15) is 22.4 Å². The third-order valence-corrected chi connectivity index (χ3v) is 2.02. The number of rotatable bonds is 6. The number of ketones is 1. The van der Waals surface area contributed by atoms with Gasteiger partial charge in [-0.3, -0.25) is 4.79 Å². The lowest BCUT2D eigenvalue weighted by atomic mass is 10.1. The minimum Gasteiger partial charge on any atom is -0.435 e. The van der Waals surface area contributed by atoms with Crippen molar-refractivity contribution >= 4 is 5.78 Å². The number of ether oxygens (including phenoxy) is 2. The first-order valence-electron chi connectivity index (χ1n) is 5.01. The Labute approximate surface area is 100 Å². The highest BCUT2D eigenvalue weighted by molar-refractivity contribution is 5.98. The monoisotopic (exact) mass is 266 g/mol. The largest absolute Gasteiger partial charge is 0.435 e. The summed E-state index contributed by atoms with van der Waals surface area (Å²) in [5, 5.41) is 0. The minimum absolute atomic E-state index is 0.0780. The zero-order valence-corrected chi connectivity index (χ0v) is 9.33. The van der Waals surface area contributed by atoms with Gasteiger partial charge in [0.1, 0.15) is 11.5 Å². The molecule has 18 heavy (non-hydrogen) atoms. The van der Waals surface area contributed by atoms with Crippen LogP contribution in [0.1, 0.15) is 23.7 Å². The molecule has 1 aromatic rings. The molecule has 0 saturated heterocycles. The van der Waals surface area contributed by atoms with Gasteiger partial charge in [-0.25, -0.2) is 0 Å². The first-order chi connectivity index (χ1) is 8.43. The van der Waals surface area contributed by atoms with Gasteiger partial charge in [0.05, 0.1) is 5.56 Å². The predicted octanol–water partition coefficient (Wildman–Crippen LogP) is 3.48. The molecule has 0 aliphatic heterocycles. The van der Waals surface area contributed by atoms with E-state index in [1.807, 2.05) is 0 Å². The van der Waals surface area contributed by atoms with Gasteiger partial charge in [0.25, 0.3) is 0 Å². The molecule has 0 amide bonds. The lowest BCUT2D eigenvalue weighted by molar-refractivity contribution is -0.0544. The molecule has 0 unspecified atom stereocenters. The maximum Gasteiger partial charge on any atom is 0.387 e. The normalized spacial score (nSPS) is 10.8. The molecule has 0 atom stereocenters. The quantitative estimate of drug-likeness (QED) is 0.584. The number of benzene rings is 1. The van der Waals surface area contributed by atoms with Gasteiger partial charge in [-0.15, -0.1) is 0 Å². The molecular formula is C11H10F4O3.